The van der Waals surface area contributed by atoms with Gasteiger partial charge in [-0.2, -0.15) is 5.10 Å². The van der Waals surface area contributed by atoms with Crippen LogP contribution in [0.3, 0.4) is 0 Å². The van der Waals surface area contributed by atoms with Gasteiger partial charge in [0.15, 0.2) is 0 Å². The summed E-state index contributed by atoms with van der Waals surface area (Å²) in [4.78, 5) is 0. The Morgan fingerprint density at radius 2 is 2.20 bits per heavy atom. The van der Waals surface area contributed by atoms with Gasteiger partial charge in [-0.05, 0) is 54.7 Å². The van der Waals surface area contributed by atoms with Crippen molar-refractivity contribution in [3.63, 3.8) is 0 Å². The zero-order valence-corrected chi connectivity index (χ0v) is 12.7. The van der Waals surface area contributed by atoms with Gasteiger partial charge in [0.25, 0.3) is 0 Å². The predicted octanol–water partition coefficient (Wildman–Crippen LogP) is 4.29. The van der Waals surface area contributed by atoms with Crippen molar-refractivity contribution in [3.8, 4) is 0 Å². The smallest absolute Gasteiger partial charge is 0.0616 e. The molecule has 0 aliphatic heterocycles. The molecule has 1 aromatic heterocycles. The molecule has 1 aliphatic carbocycles. The first-order valence-electron chi connectivity index (χ1n) is 7.43. The van der Waals surface area contributed by atoms with Crippen molar-refractivity contribution in [2.24, 2.45) is 13.0 Å². The maximum absolute atomic E-state index is 6.77. The summed E-state index contributed by atoms with van der Waals surface area (Å²) in [6.07, 6.45) is 9.93. The summed E-state index contributed by atoms with van der Waals surface area (Å²) >= 11 is 6.77. The van der Waals surface area contributed by atoms with E-state index in [9.17, 15) is 0 Å². The van der Waals surface area contributed by atoms with Crippen LogP contribution in [-0.4, -0.2) is 9.78 Å². The fraction of sp³-hybridized carbons (Fsp3) is 0.471. The summed E-state index contributed by atoms with van der Waals surface area (Å²) in [7, 11) is 1.97. The number of hydrogen-bond acceptors (Lipinski definition) is 1. The minimum absolute atomic E-state index is 0.158. The van der Waals surface area contributed by atoms with Crippen LogP contribution in [-0.2, 0) is 19.9 Å². The lowest BCUT2D eigenvalue weighted by atomic mass is 9.91. The summed E-state index contributed by atoms with van der Waals surface area (Å²) in [6, 6.07) is 8.67. The Morgan fingerprint density at radius 3 is 3.00 bits per heavy atom. The predicted molar refractivity (Wildman–Crippen MR) is 83.0 cm³/mol. The van der Waals surface area contributed by atoms with Gasteiger partial charge in [0.05, 0.1) is 11.6 Å². The Bertz CT molecular complexity index is 576. The van der Waals surface area contributed by atoms with E-state index in [0.717, 1.165) is 12.8 Å². The molecule has 1 aliphatic rings. The van der Waals surface area contributed by atoms with Gasteiger partial charge < -0.3 is 0 Å². The molecule has 0 saturated heterocycles. The Hall–Kier alpha value is -1.28. The maximum Gasteiger partial charge on any atom is 0.0616 e. The molecule has 2 atom stereocenters. The van der Waals surface area contributed by atoms with E-state index < -0.39 is 0 Å². The van der Waals surface area contributed by atoms with Crippen LogP contribution in [0.15, 0.2) is 36.7 Å². The number of hydrogen-bond donors (Lipinski definition) is 0. The molecule has 2 unspecified atom stereocenters. The summed E-state index contributed by atoms with van der Waals surface area (Å²) in [5.74, 6) is 0.570. The highest BCUT2D eigenvalue weighted by atomic mass is 35.5. The molecule has 3 rings (SSSR count). The van der Waals surface area contributed by atoms with E-state index in [0.29, 0.717) is 5.92 Å². The number of alkyl halides is 1. The van der Waals surface area contributed by atoms with Crippen LogP contribution in [0.4, 0.5) is 0 Å². The molecule has 20 heavy (non-hydrogen) atoms. The average molecular weight is 289 g/mol. The molecule has 1 heterocycles. The second kappa shape index (κ2) is 6.01. The van der Waals surface area contributed by atoms with Crippen molar-refractivity contribution in [2.75, 3.05) is 0 Å². The first-order valence-corrected chi connectivity index (χ1v) is 7.87. The summed E-state index contributed by atoms with van der Waals surface area (Å²) in [6.45, 7) is 0. The van der Waals surface area contributed by atoms with Gasteiger partial charge in [0.2, 0.25) is 0 Å². The van der Waals surface area contributed by atoms with Crippen LogP contribution in [0.25, 0.3) is 0 Å². The number of nitrogens with zero attached hydrogens (tertiary/aromatic N) is 2. The first kappa shape index (κ1) is 13.7. The molecule has 0 bridgehead atoms. The Kier molecular flexibility index (Phi) is 4.11. The minimum atomic E-state index is 0.158. The molecule has 0 N–H and O–H groups in total. The molecule has 0 amide bonds. The number of halogens is 1. The molecule has 0 saturated carbocycles. The van der Waals surface area contributed by atoms with E-state index in [1.54, 1.807) is 0 Å². The molecule has 0 fully saturated rings. The molecule has 2 aromatic rings. The highest BCUT2D eigenvalue weighted by Crippen LogP contribution is 2.40. The van der Waals surface area contributed by atoms with Crippen LogP contribution in [0.2, 0.25) is 0 Å². The largest absolute Gasteiger partial charge is 0.276 e. The zero-order valence-electron chi connectivity index (χ0n) is 11.9. The van der Waals surface area contributed by atoms with E-state index in [1.165, 1.54) is 36.0 Å². The summed E-state index contributed by atoms with van der Waals surface area (Å²) in [5.41, 5.74) is 4.10. The van der Waals surface area contributed by atoms with Gasteiger partial charge in [-0.3, -0.25) is 4.68 Å². The van der Waals surface area contributed by atoms with Gasteiger partial charge in [0.1, 0.15) is 0 Å². The first-order chi connectivity index (χ1) is 9.74. The van der Waals surface area contributed by atoms with Crippen molar-refractivity contribution >= 4 is 11.6 Å². The second-order valence-corrected chi connectivity index (χ2v) is 6.28. The van der Waals surface area contributed by atoms with Gasteiger partial charge in [0, 0.05) is 13.2 Å². The third-order valence-corrected chi connectivity index (χ3v) is 4.94. The van der Waals surface area contributed by atoms with Crippen molar-refractivity contribution in [2.45, 2.75) is 37.5 Å². The molecule has 2 nitrogen and oxygen atoms in total. The monoisotopic (exact) mass is 288 g/mol. The second-order valence-electron chi connectivity index (χ2n) is 5.81. The molecular weight excluding hydrogens is 268 g/mol. The Morgan fingerprint density at radius 1 is 1.35 bits per heavy atom. The van der Waals surface area contributed by atoms with E-state index in [4.69, 9.17) is 11.6 Å². The third-order valence-electron chi connectivity index (χ3n) is 4.35. The van der Waals surface area contributed by atoms with Crippen LogP contribution < -0.4 is 0 Å². The lowest BCUT2D eigenvalue weighted by Gasteiger charge is -2.20. The fourth-order valence-corrected chi connectivity index (χ4v) is 3.69. The number of aryl methyl sites for hydroxylation is 3. The van der Waals surface area contributed by atoms with Gasteiger partial charge >= 0.3 is 0 Å². The van der Waals surface area contributed by atoms with Crippen LogP contribution in [0.1, 0.15) is 41.3 Å². The normalized spacial score (nSPS) is 22.3. The molecule has 3 heteroatoms. The standard InChI is InChI=1S/C17H21ClN2/c1-20-12-13(11-19-20)9-10-15-7-4-6-14-5-2-3-8-16(14)17(15)18/h2-3,5,8,11-12,15,17H,4,6-7,9-10H2,1H3. The number of fused-ring (bicyclic) bond motifs is 1. The molecule has 0 spiro atoms. The number of aromatic nitrogens is 2. The lowest BCUT2D eigenvalue weighted by molar-refractivity contribution is 0.435. The van der Waals surface area contributed by atoms with Crippen molar-refractivity contribution in [1.82, 2.24) is 9.78 Å². The minimum Gasteiger partial charge on any atom is -0.276 e. The highest BCUT2D eigenvalue weighted by molar-refractivity contribution is 6.21. The van der Waals surface area contributed by atoms with E-state index in [2.05, 4.69) is 35.6 Å². The van der Waals surface area contributed by atoms with Crippen molar-refractivity contribution < 1.29 is 0 Å². The fourth-order valence-electron chi connectivity index (χ4n) is 3.23. The topological polar surface area (TPSA) is 17.8 Å². The SMILES string of the molecule is Cn1cc(CCC2CCCc3ccccc3C2Cl)cn1. The van der Waals surface area contributed by atoms with E-state index in [-0.39, 0.29) is 5.38 Å². The van der Waals surface area contributed by atoms with Gasteiger partial charge in [-0.25, -0.2) is 0 Å². The molecule has 106 valence electrons. The van der Waals surface area contributed by atoms with Crippen LogP contribution >= 0.6 is 11.6 Å². The van der Waals surface area contributed by atoms with E-state index >= 15 is 0 Å². The number of rotatable bonds is 3. The molecule has 0 radical (unpaired) electrons. The Labute approximate surface area is 125 Å². The maximum atomic E-state index is 6.77. The Balaban J connectivity index is 1.71. The average Bonchev–Trinajstić information content (AvgIpc) is 2.80. The van der Waals surface area contributed by atoms with Crippen LogP contribution in [0.5, 0.6) is 0 Å². The van der Waals surface area contributed by atoms with Crippen LogP contribution in [0, 0.1) is 5.92 Å². The molecule has 1 aromatic carbocycles. The van der Waals surface area contributed by atoms with Gasteiger partial charge in [-0.1, -0.05) is 24.3 Å². The van der Waals surface area contributed by atoms with Crippen molar-refractivity contribution in [3.05, 3.63) is 53.3 Å². The third kappa shape index (κ3) is 2.90. The summed E-state index contributed by atoms with van der Waals surface area (Å²) < 4.78 is 1.87. The van der Waals surface area contributed by atoms with Crippen molar-refractivity contribution in [1.29, 1.82) is 0 Å². The zero-order chi connectivity index (χ0) is 13.9. The molecular formula is C17H21ClN2. The highest BCUT2D eigenvalue weighted by Gasteiger charge is 2.25. The van der Waals surface area contributed by atoms with E-state index in [1.807, 2.05) is 17.9 Å². The van der Waals surface area contributed by atoms with Gasteiger partial charge in [-0.15, -0.1) is 11.6 Å². The number of benzene rings is 1. The lowest BCUT2D eigenvalue weighted by Crippen LogP contribution is -2.08. The quantitative estimate of drug-likeness (QED) is 0.609. The summed E-state index contributed by atoms with van der Waals surface area (Å²) in [5, 5.41) is 4.40.